The van der Waals surface area contributed by atoms with Crippen LogP contribution in [-0.4, -0.2) is 12.1 Å². The summed E-state index contributed by atoms with van der Waals surface area (Å²) >= 11 is 0. The first-order chi connectivity index (χ1) is 8.98. The van der Waals surface area contributed by atoms with Gasteiger partial charge in [0.15, 0.2) is 0 Å². The first-order valence-electron chi connectivity index (χ1n) is 7.48. The van der Waals surface area contributed by atoms with E-state index < -0.39 is 0 Å². The average molecular weight is 259 g/mol. The molecule has 0 aromatic heterocycles. The SMILES string of the molecule is CC1(C)CCC(N)(CC2CCOc3ccccc32)C1. The van der Waals surface area contributed by atoms with Crippen LogP contribution in [0.25, 0.3) is 0 Å². The third-order valence-corrected chi connectivity index (χ3v) is 4.87. The molecule has 3 rings (SSSR count). The standard InChI is InChI=1S/C17H25NO/c1-16(2)8-9-17(18,12-16)11-13-7-10-19-15-6-4-3-5-14(13)15/h3-6,13H,7-12,18H2,1-2H3. The molecule has 2 aliphatic rings. The second-order valence-corrected chi connectivity index (χ2v) is 7.28. The zero-order valence-corrected chi connectivity index (χ0v) is 12.1. The number of fused-ring (bicyclic) bond motifs is 1. The van der Waals surface area contributed by atoms with Crippen molar-refractivity contribution in [1.29, 1.82) is 0 Å². The second kappa shape index (κ2) is 4.52. The highest BCUT2D eigenvalue weighted by Crippen LogP contribution is 2.48. The first kappa shape index (κ1) is 13.0. The molecule has 0 bridgehead atoms. The van der Waals surface area contributed by atoms with Crippen LogP contribution < -0.4 is 10.5 Å². The summed E-state index contributed by atoms with van der Waals surface area (Å²) in [7, 11) is 0. The van der Waals surface area contributed by atoms with Gasteiger partial charge in [-0.2, -0.15) is 0 Å². The Balaban J connectivity index is 1.78. The van der Waals surface area contributed by atoms with Gasteiger partial charge in [0.2, 0.25) is 0 Å². The minimum absolute atomic E-state index is 0.0264. The van der Waals surface area contributed by atoms with Crippen molar-refractivity contribution < 1.29 is 4.74 Å². The molecule has 1 aromatic rings. The van der Waals surface area contributed by atoms with Crippen LogP contribution in [0.2, 0.25) is 0 Å². The maximum atomic E-state index is 6.68. The lowest BCUT2D eigenvalue weighted by molar-refractivity contribution is 0.236. The van der Waals surface area contributed by atoms with E-state index in [1.807, 2.05) is 0 Å². The van der Waals surface area contributed by atoms with Gasteiger partial charge in [-0.15, -0.1) is 0 Å². The van der Waals surface area contributed by atoms with Crippen molar-refractivity contribution in [1.82, 2.24) is 0 Å². The van der Waals surface area contributed by atoms with Gasteiger partial charge < -0.3 is 10.5 Å². The number of hydrogen-bond donors (Lipinski definition) is 1. The first-order valence-corrected chi connectivity index (χ1v) is 7.48. The van der Waals surface area contributed by atoms with Crippen molar-refractivity contribution in [2.24, 2.45) is 11.1 Å². The van der Waals surface area contributed by atoms with Gasteiger partial charge in [-0.3, -0.25) is 0 Å². The summed E-state index contributed by atoms with van der Waals surface area (Å²) in [5, 5.41) is 0. The van der Waals surface area contributed by atoms with Crippen LogP contribution >= 0.6 is 0 Å². The largest absolute Gasteiger partial charge is 0.493 e. The number of benzene rings is 1. The molecule has 1 aromatic carbocycles. The van der Waals surface area contributed by atoms with Crippen LogP contribution in [0.3, 0.4) is 0 Å². The van der Waals surface area contributed by atoms with E-state index in [1.54, 1.807) is 0 Å². The number of nitrogens with two attached hydrogens (primary N) is 1. The zero-order valence-electron chi connectivity index (χ0n) is 12.1. The lowest BCUT2D eigenvalue weighted by atomic mass is 9.78. The number of hydrogen-bond acceptors (Lipinski definition) is 2. The Morgan fingerprint density at radius 1 is 1.26 bits per heavy atom. The zero-order chi connectivity index (χ0) is 13.5. The predicted octanol–water partition coefficient (Wildman–Crippen LogP) is 3.85. The molecule has 2 unspecified atom stereocenters. The molecule has 2 heteroatoms. The average Bonchev–Trinajstić information content (AvgIpc) is 2.64. The molecule has 1 aliphatic heterocycles. The van der Waals surface area contributed by atoms with Gasteiger partial charge in [-0.05, 0) is 55.1 Å². The molecule has 2 nitrogen and oxygen atoms in total. The highest BCUT2D eigenvalue weighted by atomic mass is 16.5. The van der Waals surface area contributed by atoms with E-state index in [1.165, 1.54) is 18.4 Å². The third kappa shape index (κ3) is 2.64. The summed E-state index contributed by atoms with van der Waals surface area (Å²) in [6.45, 7) is 5.53. The molecule has 0 saturated heterocycles. The molecular formula is C17H25NO. The fourth-order valence-electron chi connectivity index (χ4n) is 4.01. The minimum Gasteiger partial charge on any atom is -0.493 e. The van der Waals surface area contributed by atoms with Gasteiger partial charge in [-0.1, -0.05) is 32.0 Å². The molecule has 104 valence electrons. The van der Waals surface area contributed by atoms with Crippen LogP contribution in [0.15, 0.2) is 24.3 Å². The van der Waals surface area contributed by atoms with E-state index >= 15 is 0 Å². The fraction of sp³-hybridized carbons (Fsp3) is 0.647. The summed E-state index contributed by atoms with van der Waals surface area (Å²) in [5.41, 5.74) is 8.49. The Morgan fingerprint density at radius 2 is 2.05 bits per heavy atom. The quantitative estimate of drug-likeness (QED) is 0.875. The van der Waals surface area contributed by atoms with Gasteiger partial charge in [0.05, 0.1) is 6.61 Å². The highest BCUT2D eigenvalue weighted by molar-refractivity contribution is 5.38. The van der Waals surface area contributed by atoms with E-state index in [-0.39, 0.29) is 5.54 Å². The van der Waals surface area contributed by atoms with Gasteiger partial charge in [0, 0.05) is 5.54 Å². The molecule has 2 N–H and O–H groups in total. The smallest absolute Gasteiger partial charge is 0.122 e. The van der Waals surface area contributed by atoms with E-state index in [0.29, 0.717) is 11.3 Å². The molecule has 19 heavy (non-hydrogen) atoms. The molecule has 1 aliphatic carbocycles. The van der Waals surface area contributed by atoms with Crippen molar-refractivity contribution in [2.75, 3.05) is 6.61 Å². The lowest BCUT2D eigenvalue weighted by Crippen LogP contribution is -2.40. The van der Waals surface area contributed by atoms with E-state index in [2.05, 4.69) is 38.1 Å². The maximum absolute atomic E-state index is 6.68. The Bertz CT molecular complexity index is 468. The number of rotatable bonds is 2. The molecule has 0 spiro atoms. The second-order valence-electron chi connectivity index (χ2n) is 7.28. The summed E-state index contributed by atoms with van der Waals surface area (Å²) in [6, 6.07) is 8.46. The minimum atomic E-state index is 0.0264. The summed E-state index contributed by atoms with van der Waals surface area (Å²) in [6.07, 6.45) is 5.79. The summed E-state index contributed by atoms with van der Waals surface area (Å²) < 4.78 is 5.75. The summed E-state index contributed by atoms with van der Waals surface area (Å²) in [4.78, 5) is 0. The predicted molar refractivity (Wildman–Crippen MR) is 78.5 cm³/mol. The van der Waals surface area contributed by atoms with Crippen molar-refractivity contribution in [3.8, 4) is 5.75 Å². The van der Waals surface area contributed by atoms with Crippen LogP contribution in [-0.2, 0) is 0 Å². The Labute approximate surface area is 116 Å². The van der Waals surface area contributed by atoms with Gasteiger partial charge >= 0.3 is 0 Å². The number of para-hydroxylation sites is 1. The molecule has 1 heterocycles. The fourth-order valence-corrected chi connectivity index (χ4v) is 4.01. The Hall–Kier alpha value is -1.02. The molecular weight excluding hydrogens is 234 g/mol. The number of ether oxygens (including phenoxy) is 1. The molecule has 0 radical (unpaired) electrons. The van der Waals surface area contributed by atoms with Crippen LogP contribution in [0, 0.1) is 5.41 Å². The van der Waals surface area contributed by atoms with Crippen LogP contribution in [0.5, 0.6) is 5.75 Å². The van der Waals surface area contributed by atoms with Crippen LogP contribution in [0.1, 0.15) is 57.4 Å². The van der Waals surface area contributed by atoms with Gasteiger partial charge in [0.1, 0.15) is 5.75 Å². The molecule has 0 amide bonds. The topological polar surface area (TPSA) is 35.2 Å². The molecule has 1 fully saturated rings. The van der Waals surface area contributed by atoms with Crippen molar-refractivity contribution in [3.63, 3.8) is 0 Å². The normalized spacial score (nSPS) is 32.7. The van der Waals surface area contributed by atoms with Gasteiger partial charge in [0.25, 0.3) is 0 Å². The Morgan fingerprint density at radius 3 is 2.79 bits per heavy atom. The summed E-state index contributed by atoms with van der Waals surface area (Å²) in [5.74, 6) is 1.64. The lowest BCUT2D eigenvalue weighted by Gasteiger charge is -2.34. The monoisotopic (exact) mass is 259 g/mol. The van der Waals surface area contributed by atoms with E-state index in [0.717, 1.165) is 31.6 Å². The van der Waals surface area contributed by atoms with Crippen molar-refractivity contribution in [2.45, 2.75) is 57.4 Å². The van der Waals surface area contributed by atoms with E-state index in [9.17, 15) is 0 Å². The highest BCUT2D eigenvalue weighted by Gasteiger charge is 2.42. The van der Waals surface area contributed by atoms with Gasteiger partial charge in [-0.25, -0.2) is 0 Å². The Kier molecular flexibility index (Phi) is 3.09. The van der Waals surface area contributed by atoms with Crippen molar-refractivity contribution in [3.05, 3.63) is 29.8 Å². The molecule has 1 saturated carbocycles. The third-order valence-electron chi connectivity index (χ3n) is 4.87. The molecule has 2 atom stereocenters. The van der Waals surface area contributed by atoms with E-state index in [4.69, 9.17) is 10.5 Å². The maximum Gasteiger partial charge on any atom is 0.122 e. The van der Waals surface area contributed by atoms with Crippen LogP contribution in [0.4, 0.5) is 0 Å². The van der Waals surface area contributed by atoms with Crippen molar-refractivity contribution >= 4 is 0 Å².